The summed E-state index contributed by atoms with van der Waals surface area (Å²) in [5.74, 6) is -0.409. The third-order valence-corrected chi connectivity index (χ3v) is 1.93. The maximum atomic E-state index is 10.8. The highest BCUT2D eigenvalue weighted by atomic mass is 32.2. The summed E-state index contributed by atoms with van der Waals surface area (Å²) in [6.45, 7) is 3.24. The van der Waals surface area contributed by atoms with E-state index in [4.69, 9.17) is 0 Å². The summed E-state index contributed by atoms with van der Waals surface area (Å²) >= 11 is 1.12. The Balaban J connectivity index is 2.42. The van der Waals surface area contributed by atoms with Gasteiger partial charge >= 0.3 is 5.97 Å². The number of rotatable bonds is 4. The highest BCUT2D eigenvalue weighted by Crippen LogP contribution is 2.09. The molecule has 14 heavy (non-hydrogen) atoms. The fourth-order valence-corrected chi connectivity index (χ4v) is 1.22. The van der Waals surface area contributed by atoms with E-state index in [2.05, 4.69) is 21.3 Å². The normalized spacial score (nSPS) is 9.43. The Labute approximate surface area is 84.2 Å². The van der Waals surface area contributed by atoms with E-state index in [1.807, 2.05) is 0 Å². The minimum absolute atomic E-state index is 0.0950. The number of thioether (sulfide) groups is 1. The molecule has 0 aliphatic rings. The number of carbonyl (C=O) groups is 1. The van der Waals surface area contributed by atoms with Crippen molar-refractivity contribution < 1.29 is 9.53 Å². The second-order valence-corrected chi connectivity index (χ2v) is 3.08. The number of esters is 1. The van der Waals surface area contributed by atoms with Gasteiger partial charge in [-0.2, -0.15) is 0 Å². The zero-order valence-corrected chi connectivity index (χ0v) is 8.04. The maximum Gasteiger partial charge on any atom is 0.330 e. The Bertz CT molecular complexity index is 388. The Kier molecular flexibility index (Phi) is 3.93. The van der Waals surface area contributed by atoms with E-state index in [1.54, 1.807) is 0 Å². The van der Waals surface area contributed by atoms with Crippen LogP contribution in [0.25, 0.3) is 0 Å². The number of ether oxygens (including phenoxy) is 1. The lowest BCUT2D eigenvalue weighted by Gasteiger charge is -1.99. The van der Waals surface area contributed by atoms with Crippen LogP contribution in [0, 0.1) is 0 Å². The molecule has 74 valence electrons. The number of aromatic nitrogens is 2. The van der Waals surface area contributed by atoms with Crippen LogP contribution in [0.3, 0.4) is 0 Å². The minimum atomic E-state index is -0.504. The Morgan fingerprint density at radius 2 is 2.57 bits per heavy atom. The topological polar surface area (TPSA) is 72.0 Å². The third kappa shape index (κ3) is 3.44. The van der Waals surface area contributed by atoms with Crippen molar-refractivity contribution in [3.05, 3.63) is 35.3 Å². The van der Waals surface area contributed by atoms with E-state index in [1.165, 1.54) is 12.3 Å². The maximum absolute atomic E-state index is 10.8. The molecule has 0 spiro atoms. The molecule has 1 heterocycles. The van der Waals surface area contributed by atoms with Crippen molar-refractivity contribution >= 4 is 17.7 Å². The van der Waals surface area contributed by atoms with Crippen LogP contribution in [0.15, 0.2) is 34.9 Å². The molecule has 1 N–H and O–H groups in total. The quantitative estimate of drug-likeness (QED) is 0.259. The summed E-state index contributed by atoms with van der Waals surface area (Å²) in [6, 6.07) is 1.31. The van der Waals surface area contributed by atoms with Crippen LogP contribution in [0.1, 0.15) is 0 Å². The molecule has 0 aliphatic heterocycles. The van der Waals surface area contributed by atoms with Crippen LogP contribution in [0.5, 0.6) is 0 Å². The summed E-state index contributed by atoms with van der Waals surface area (Å²) in [5, 5.41) is 0.411. The van der Waals surface area contributed by atoms with E-state index >= 15 is 0 Å². The summed E-state index contributed by atoms with van der Waals surface area (Å²) in [5.41, 5.74) is -0.238. The fourth-order valence-electron chi connectivity index (χ4n) is 0.628. The molecular weight excluding hydrogens is 204 g/mol. The van der Waals surface area contributed by atoms with Gasteiger partial charge in [0.2, 0.25) is 0 Å². The average molecular weight is 212 g/mol. The largest absolute Gasteiger partial charge is 0.451 e. The molecule has 0 radical (unpaired) electrons. The molecule has 0 unspecified atom stereocenters. The molecule has 6 heteroatoms. The molecule has 0 saturated heterocycles. The first-order chi connectivity index (χ1) is 6.72. The van der Waals surface area contributed by atoms with E-state index in [-0.39, 0.29) is 11.5 Å². The zero-order chi connectivity index (χ0) is 10.4. The highest BCUT2D eigenvalue weighted by Gasteiger charge is 1.98. The number of hydrogen-bond donors (Lipinski definition) is 1. The van der Waals surface area contributed by atoms with Crippen molar-refractivity contribution in [3.63, 3.8) is 0 Å². The second-order valence-electron chi connectivity index (χ2n) is 2.17. The van der Waals surface area contributed by atoms with Crippen molar-refractivity contribution in [1.29, 1.82) is 0 Å². The monoisotopic (exact) mass is 212 g/mol. The second kappa shape index (κ2) is 5.23. The highest BCUT2D eigenvalue weighted by molar-refractivity contribution is 7.99. The molecule has 0 atom stereocenters. The van der Waals surface area contributed by atoms with Crippen LogP contribution >= 0.6 is 11.8 Å². The molecule has 0 aliphatic carbocycles. The van der Waals surface area contributed by atoms with Gasteiger partial charge in [-0.3, -0.25) is 4.79 Å². The summed E-state index contributed by atoms with van der Waals surface area (Å²) in [6.07, 6.45) is 2.46. The average Bonchev–Trinajstić information content (AvgIpc) is 2.17. The standard InChI is InChI=1S/C8H8N2O3S/c1-2-7(12)13-5-14-8-9-4-3-6(11)10-8/h2-4H,1,5H2,(H,9,10,11). The molecule has 5 nitrogen and oxygen atoms in total. The molecule has 0 fully saturated rings. The Morgan fingerprint density at radius 1 is 1.79 bits per heavy atom. The van der Waals surface area contributed by atoms with Gasteiger partial charge in [0.25, 0.3) is 5.56 Å². The molecule has 1 aromatic heterocycles. The molecule has 0 amide bonds. The minimum Gasteiger partial charge on any atom is -0.451 e. The molecular formula is C8H8N2O3S. The van der Waals surface area contributed by atoms with Crippen molar-refractivity contribution in [1.82, 2.24) is 9.97 Å². The van der Waals surface area contributed by atoms with Gasteiger partial charge in [0.05, 0.1) is 0 Å². The van der Waals surface area contributed by atoms with Crippen molar-refractivity contribution in [3.8, 4) is 0 Å². The first kappa shape index (κ1) is 10.5. The van der Waals surface area contributed by atoms with Crippen LogP contribution in [0.2, 0.25) is 0 Å². The Morgan fingerprint density at radius 3 is 3.21 bits per heavy atom. The van der Waals surface area contributed by atoms with E-state index in [0.717, 1.165) is 17.8 Å². The third-order valence-electron chi connectivity index (χ3n) is 1.21. The van der Waals surface area contributed by atoms with Crippen molar-refractivity contribution in [2.45, 2.75) is 5.16 Å². The predicted molar refractivity (Wildman–Crippen MR) is 51.9 cm³/mol. The molecule has 1 aromatic rings. The molecule has 1 rings (SSSR count). The van der Waals surface area contributed by atoms with Crippen molar-refractivity contribution in [2.75, 3.05) is 5.94 Å². The Hall–Kier alpha value is -1.56. The molecule has 0 aromatic carbocycles. The lowest BCUT2D eigenvalue weighted by atomic mass is 10.7. The summed E-state index contributed by atoms with van der Waals surface area (Å²) in [7, 11) is 0. The molecule has 0 saturated carbocycles. The summed E-state index contributed by atoms with van der Waals surface area (Å²) in [4.78, 5) is 27.8. The fraction of sp³-hybridized carbons (Fsp3) is 0.125. The number of aromatic amines is 1. The zero-order valence-electron chi connectivity index (χ0n) is 7.23. The summed E-state index contributed by atoms with van der Waals surface area (Å²) < 4.78 is 4.68. The van der Waals surface area contributed by atoms with Gasteiger partial charge in [-0.05, 0) is 11.8 Å². The van der Waals surface area contributed by atoms with E-state index in [0.29, 0.717) is 5.16 Å². The number of nitrogens with zero attached hydrogens (tertiary/aromatic N) is 1. The van der Waals surface area contributed by atoms with E-state index in [9.17, 15) is 9.59 Å². The van der Waals surface area contributed by atoms with Crippen LogP contribution < -0.4 is 5.56 Å². The number of H-pyrrole nitrogens is 1. The van der Waals surface area contributed by atoms with Gasteiger partial charge in [-0.1, -0.05) is 6.58 Å². The van der Waals surface area contributed by atoms with Gasteiger partial charge < -0.3 is 9.72 Å². The van der Waals surface area contributed by atoms with Gasteiger partial charge in [-0.15, -0.1) is 0 Å². The predicted octanol–water partition coefficient (Wildman–Crippen LogP) is 0.549. The van der Waals surface area contributed by atoms with Gasteiger partial charge in [0, 0.05) is 18.3 Å². The van der Waals surface area contributed by atoms with Crippen molar-refractivity contribution in [2.24, 2.45) is 0 Å². The van der Waals surface area contributed by atoms with Gasteiger partial charge in [0.1, 0.15) is 5.94 Å². The van der Waals surface area contributed by atoms with E-state index < -0.39 is 5.97 Å². The smallest absolute Gasteiger partial charge is 0.330 e. The lowest BCUT2D eigenvalue weighted by Crippen LogP contribution is -2.06. The van der Waals surface area contributed by atoms with Crippen LogP contribution in [-0.4, -0.2) is 21.9 Å². The number of carbonyl (C=O) groups excluding carboxylic acids is 1. The first-order valence-corrected chi connectivity index (χ1v) is 4.68. The van der Waals surface area contributed by atoms with Crippen LogP contribution in [0.4, 0.5) is 0 Å². The van der Waals surface area contributed by atoms with Gasteiger partial charge in [0.15, 0.2) is 5.16 Å². The lowest BCUT2D eigenvalue weighted by molar-refractivity contribution is -0.135. The molecule has 0 bridgehead atoms. The first-order valence-electron chi connectivity index (χ1n) is 3.69. The number of nitrogens with one attached hydrogen (secondary N) is 1. The number of hydrogen-bond acceptors (Lipinski definition) is 5. The van der Waals surface area contributed by atoms with Crippen LogP contribution in [-0.2, 0) is 9.53 Å². The SMILES string of the molecule is C=CC(=O)OCSc1nccc(=O)[nH]1. The van der Waals surface area contributed by atoms with Gasteiger partial charge in [-0.25, -0.2) is 9.78 Å².